The molecule has 3 nitrogen and oxygen atoms in total. The Balaban J connectivity index is 2.36. The van der Waals surface area contributed by atoms with E-state index in [2.05, 4.69) is 69.7 Å². The van der Waals surface area contributed by atoms with Gasteiger partial charge in [-0.2, -0.15) is 5.10 Å². The highest BCUT2D eigenvalue weighted by Crippen LogP contribution is 2.21. The summed E-state index contributed by atoms with van der Waals surface area (Å²) in [6.07, 6.45) is 0. The molecule has 0 radical (unpaired) electrons. The molecular weight excluding hydrogens is 258 g/mol. The first-order chi connectivity index (χ1) is 9.90. The van der Waals surface area contributed by atoms with Gasteiger partial charge >= 0.3 is 0 Å². The van der Waals surface area contributed by atoms with Crippen molar-refractivity contribution < 1.29 is 0 Å². The molecule has 1 N–H and O–H groups in total. The summed E-state index contributed by atoms with van der Waals surface area (Å²) in [5.74, 6) is 0.661. The number of hydrogen-bond acceptors (Lipinski definition) is 2. The molecule has 2 aromatic rings. The van der Waals surface area contributed by atoms with Crippen LogP contribution in [0.15, 0.2) is 18.2 Å². The molecule has 0 aliphatic rings. The smallest absolute Gasteiger partial charge is 0.0694 e. The largest absolute Gasteiger partial charge is 0.312 e. The van der Waals surface area contributed by atoms with Gasteiger partial charge in [0, 0.05) is 12.2 Å². The first-order valence-electron chi connectivity index (χ1n) is 7.73. The van der Waals surface area contributed by atoms with Crippen LogP contribution in [0.2, 0.25) is 0 Å². The second kappa shape index (κ2) is 6.44. The first-order valence-corrected chi connectivity index (χ1v) is 7.73. The normalized spacial score (nSPS) is 11.4. The summed E-state index contributed by atoms with van der Waals surface area (Å²) >= 11 is 0. The summed E-state index contributed by atoms with van der Waals surface area (Å²) in [5.41, 5.74) is 7.39. The second-order valence-electron chi connectivity index (χ2n) is 6.36. The van der Waals surface area contributed by atoms with Gasteiger partial charge in [0.1, 0.15) is 0 Å². The van der Waals surface area contributed by atoms with Gasteiger partial charge in [-0.25, -0.2) is 4.68 Å². The van der Waals surface area contributed by atoms with Gasteiger partial charge in [-0.3, -0.25) is 0 Å². The third-order valence-electron chi connectivity index (χ3n) is 3.98. The molecule has 0 bridgehead atoms. The minimum Gasteiger partial charge on any atom is -0.312 e. The number of benzene rings is 1. The van der Waals surface area contributed by atoms with E-state index >= 15 is 0 Å². The van der Waals surface area contributed by atoms with E-state index in [0.717, 1.165) is 18.8 Å². The zero-order valence-corrected chi connectivity index (χ0v) is 14.1. The van der Waals surface area contributed by atoms with Gasteiger partial charge in [-0.15, -0.1) is 0 Å². The van der Waals surface area contributed by atoms with Crippen LogP contribution in [0.5, 0.6) is 0 Å². The molecule has 0 fully saturated rings. The fraction of sp³-hybridized carbons (Fsp3) is 0.500. The van der Waals surface area contributed by atoms with Crippen molar-refractivity contribution in [2.45, 2.75) is 48.1 Å². The van der Waals surface area contributed by atoms with E-state index in [1.807, 2.05) is 0 Å². The molecular formula is C18H27N3. The number of nitrogens with zero attached hydrogens (tertiary/aromatic N) is 2. The maximum atomic E-state index is 4.70. The van der Waals surface area contributed by atoms with Gasteiger partial charge in [0.2, 0.25) is 0 Å². The molecule has 1 aromatic carbocycles. The zero-order chi connectivity index (χ0) is 15.6. The van der Waals surface area contributed by atoms with Crippen molar-refractivity contribution in [3.8, 4) is 5.69 Å². The van der Waals surface area contributed by atoms with Crippen molar-refractivity contribution >= 4 is 0 Å². The number of aromatic nitrogens is 2. The molecule has 3 heteroatoms. The summed E-state index contributed by atoms with van der Waals surface area (Å²) < 4.78 is 2.08. The molecule has 0 saturated heterocycles. The predicted octanol–water partition coefficient (Wildman–Crippen LogP) is 3.85. The third-order valence-corrected chi connectivity index (χ3v) is 3.98. The monoisotopic (exact) mass is 285 g/mol. The third kappa shape index (κ3) is 3.53. The molecule has 0 atom stereocenters. The average Bonchev–Trinajstić information content (AvgIpc) is 2.66. The Morgan fingerprint density at radius 2 is 1.86 bits per heavy atom. The summed E-state index contributed by atoms with van der Waals surface area (Å²) in [6.45, 7) is 14.9. The highest BCUT2D eigenvalue weighted by Gasteiger charge is 2.12. The number of hydrogen-bond donors (Lipinski definition) is 1. The molecule has 0 amide bonds. The lowest BCUT2D eigenvalue weighted by Crippen LogP contribution is -2.20. The Morgan fingerprint density at radius 1 is 1.14 bits per heavy atom. The Bertz CT molecular complexity index is 624. The van der Waals surface area contributed by atoms with E-state index in [-0.39, 0.29) is 0 Å². The summed E-state index contributed by atoms with van der Waals surface area (Å²) in [6, 6.07) is 6.60. The van der Waals surface area contributed by atoms with E-state index in [1.165, 1.54) is 28.1 Å². The lowest BCUT2D eigenvalue weighted by molar-refractivity contribution is 0.551. The molecule has 0 unspecified atom stereocenters. The number of aryl methyl sites for hydroxylation is 2. The first kappa shape index (κ1) is 15.8. The van der Waals surface area contributed by atoms with Crippen molar-refractivity contribution in [3.05, 3.63) is 46.3 Å². The molecule has 1 aromatic heterocycles. The zero-order valence-electron chi connectivity index (χ0n) is 14.1. The minimum absolute atomic E-state index is 0.661. The van der Waals surface area contributed by atoms with Crippen LogP contribution in [0.3, 0.4) is 0 Å². The Morgan fingerprint density at radius 3 is 2.43 bits per heavy atom. The summed E-state index contributed by atoms with van der Waals surface area (Å²) in [4.78, 5) is 0. The van der Waals surface area contributed by atoms with Gasteiger partial charge in [0.25, 0.3) is 0 Å². The lowest BCUT2D eigenvalue weighted by Gasteiger charge is -2.14. The second-order valence-corrected chi connectivity index (χ2v) is 6.36. The van der Waals surface area contributed by atoms with Crippen LogP contribution in [0, 0.1) is 33.6 Å². The standard InChI is InChI=1S/C18H27N3/c1-12(2)10-19-11-17-9-13(3)7-8-18(17)21-16(6)14(4)15(5)20-21/h7-9,12,19H,10-11H2,1-6H3. The van der Waals surface area contributed by atoms with Gasteiger partial charge in [-0.05, 0) is 57.4 Å². The van der Waals surface area contributed by atoms with E-state index in [0.29, 0.717) is 5.92 Å². The summed E-state index contributed by atoms with van der Waals surface area (Å²) in [7, 11) is 0. The van der Waals surface area contributed by atoms with Crippen LogP contribution in [0.4, 0.5) is 0 Å². The van der Waals surface area contributed by atoms with Gasteiger partial charge in [-0.1, -0.05) is 31.5 Å². The van der Waals surface area contributed by atoms with E-state index < -0.39 is 0 Å². The number of nitrogens with one attached hydrogen (secondary N) is 1. The van der Waals surface area contributed by atoms with E-state index in [9.17, 15) is 0 Å². The minimum atomic E-state index is 0.661. The molecule has 0 aliphatic carbocycles. The quantitative estimate of drug-likeness (QED) is 0.904. The van der Waals surface area contributed by atoms with Gasteiger partial charge in [0.05, 0.1) is 11.4 Å². The van der Waals surface area contributed by atoms with Crippen molar-refractivity contribution in [2.24, 2.45) is 5.92 Å². The SMILES string of the molecule is Cc1ccc(-n2nc(C)c(C)c2C)c(CNCC(C)C)c1. The van der Waals surface area contributed by atoms with E-state index in [1.54, 1.807) is 0 Å². The van der Waals surface area contributed by atoms with Crippen LogP contribution < -0.4 is 5.32 Å². The molecule has 0 spiro atoms. The Hall–Kier alpha value is -1.61. The van der Waals surface area contributed by atoms with Crippen LogP contribution in [-0.4, -0.2) is 16.3 Å². The maximum absolute atomic E-state index is 4.70. The summed E-state index contributed by atoms with van der Waals surface area (Å²) in [5, 5.41) is 8.24. The van der Waals surface area contributed by atoms with Gasteiger partial charge < -0.3 is 5.32 Å². The Kier molecular flexibility index (Phi) is 4.84. The average molecular weight is 285 g/mol. The van der Waals surface area contributed by atoms with Crippen molar-refractivity contribution in [2.75, 3.05) is 6.54 Å². The van der Waals surface area contributed by atoms with Crippen molar-refractivity contribution in [1.29, 1.82) is 0 Å². The van der Waals surface area contributed by atoms with Crippen LogP contribution in [0.1, 0.15) is 41.9 Å². The molecule has 114 valence electrons. The molecule has 0 saturated carbocycles. The van der Waals surface area contributed by atoms with Crippen molar-refractivity contribution in [1.82, 2.24) is 15.1 Å². The van der Waals surface area contributed by atoms with Crippen LogP contribution in [-0.2, 0) is 6.54 Å². The lowest BCUT2D eigenvalue weighted by atomic mass is 10.1. The topological polar surface area (TPSA) is 29.9 Å². The fourth-order valence-corrected chi connectivity index (χ4v) is 2.51. The fourth-order valence-electron chi connectivity index (χ4n) is 2.51. The van der Waals surface area contributed by atoms with Crippen LogP contribution in [0.25, 0.3) is 5.69 Å². The van der Waals surface area contributed by atoms with Crippen molar-refractivity contribution in [3.63, 3.8) is 0 Å². The predicted molar refractivity (Wildman–Crippen MR) is 89.1 cm³/mol. The molecule has 1 heterocycles. The highest BCUT2D eigenvalue weighted by atomic mass is 15.3. The van der Waals surface area contributed by atoms with Crippen LogP contribution >= 0.6 is 0 Å². The molecule has 0 aliphatic heterocycles. The molecule has 21 heavy (non-hydrogen) atoms. The Labute approximate surface area is 128 Å². The van der Waals surface area contributed by atoms with Gasteiger partial charge in [0.15, 0.2) is 0 Å². The molecule has 2 rings (SSSR count). The van der Waals surface area contributed by atoms with E-state index in [4.69, 9.17) is 5.10 Å². The maximum Gasteiger partial charge on any atom is 0.0694 e. The highest BCUT2D eigenvalue weighted by molar-refractivity contribution is 5.45. The number of rotatable bonds is 5.